The number of hydrogen-bond acceptors (Lipinski definition) is 6. The molecule has 26 heavy (non-hydrogen) atoms. The van der Waals surface area contributed by atoms with Crippen LogP contribution < -0.4 is 15.0 Å². The van der Waals surface area contributed by atoms with E-state index in [2.05, 4.69) is 46.2 Å². The fraction of sp³-hybridized carbons (Fsp3) is 0.500. The van der Waals surface area contributed by atoms with Crippen molar-refractivity contribution in [1.82, 2.24) is 15.3 Å². The van der Waals surface area contributed by atoms with Crippen LogP contribution in [0.5, 0.6) is 11.8 Å². The molecule has 1 N–H and O–H groups in total. The summed E-state index contributed by atoms with van der Waals surface area (Å²) in [4.78, 5) is 11.0. The predicted octanol–water partition coefficient (Wildman–Crippen LogP) is 3.32. The van der Waals surface area contributed by atoms with E-state index >= 15 is 0 Å². The Morgan fingerprint density at radius 3 is 2.65 bits per heavy atom. The monoisotopic (exact) mass is 352 g/mol. The van der Waals surface area contributed by atoms with Crippen LogP contribution in [-0.2, 0) is 16.9 Å². The molecule has 1 aliphatic carbocycles. The van der Waals surface area contributed by atoms with Gasteiger partial charge in [-0.3, -0.25) is 5.32 Å². The SMILES string of the molecule is CC1(C)CN(c2cnc(Oc3ccc4c(c3)C3(CCC3)OC4)nc2)CN1. The zero-order chi connectivity index (χ0) is 17.8. The van der Waals surface area contributed by atoms with Gasteiger partial charge in [0, 0.05) is 12.1 Å². The molecule has 3 aliphatic rings. The summed E-state index contributed by atoms with van der Waals surface area (Å²) >= 11 is 0. The molecular weight excluding hydrogens is 328 g/mol. The van der Waals surface area contributed by atoms with Crippen LogP contribution in [0.15, 0.2) is 30.6 Å². The van der Waals surface area contributed by atoms with Crippen molar-refractivity contribution in [3.63, 3.8) is 0 Å². The Hall–Kier alpha value is -2.18. The third-order valence-electron chi connectivity index (χ3n) is 5.76. The number of rotatable bonds is 3. The van der Waals surface area contributed by atoms with Crippen LogP contribution in [0.4, 0.5) is 5.69 Å². The van der Waals surface area contributed by atoms with Gasteiger partial charge in [0.1, 0.15) is 5.75 Å². The molecule has 1 spiro atoms. The molecule has 2 fully saturated rings. The first-order valence-electron chi connectivity index (χ1n) is 9.30. The molecule has 6 heteroatoms. The number of aromatic nitrogens is 2. The number of hydrogen-bond donors (Lipinski definition) is 1. The van der Waals surface area contributed by atoms with Crippen LogP contribution >= 0.6 is 0 Å². The second kappa shape index (κ2) is 5.66. The van der Waals surface area contributed by atoms with Gasteiger partial charge in [0.2, 0.25) is 0 Å². The number of nitrogens with one attached hydrogen (secondary N) is 1. The fourth-order valence-corrected chi connectivity index (χ4v) is 4.09. The highest BCUT2D eigenvalue weighted by molar-refractivity contribution is 5.45. The standard InChI is InChI=1S/C20H24N4O2/c1-19(2)12-24(13-23-19)15-9-21-18(22-10-15)26-16-5-4-14-11-25-20(6-3-7-20)17(14)8-16/h4-5,8-10,23H,3,6-7,11-13H2,1-2H3. The van der Waals surface area contributed by atoms with E-state index in [0.29, 0.717) is 12.6 Å². The van der Waals surface area contributed by atoms with Crippen molar-refractivity contribution in [3.05, 3.63) is 41.7 Å². The van der Waals surface area contributed by atoms with E-state index in [0.717, 1.165) is 37.5 Å². The first-order valence-corrected chi connectivity index (χ1v) is 9.30. The van der Waals surface area contributed by atoms with Crippen molar-refractivity contribution < 1.29 is 9.47 Å². The topological polar surface area (TPSA) is 59.5 Å². The van der Waals surface area contributed by atoms with E-state index in [4.69, 9.17) is 9.47 Å². The van der Waals surface area contributed by atoms with Gasteiger partial charge in [-0.2, -0.15) is 0 Å². The summed E-state index contributed by atoms with van der Waals surface area (Å²) in [5.41, 5.74) is 3.61. The number of fused-ring (bicyclic) bond motifs is 2. The third-order valence-corrected chi connectivity index (χ3v) is 5.76. The third kappa shape index (κ3) is 2.64. The molecule has 1 saturated carbocycles. The fourth-order valence-electron chi connectivity index (χ4n) is 4.09. The molecule has 2 aromatic rings. The summed E-state index contributed by atoms with van der Waals surface area (Å²) in [6, 6.07) is 6.56. The highest BCUT2D eigenvalue weighted by Crippen LogP contribution is 2.51. The van der Waals surface area contributed by atoms with Gasteiger partial charge in [-0.05, 0) is 56.4 Å². The van der Waals surface area contributed by atoms with E-state index in [1.54, 1.807) is 0 Å². The highest BCUT2D eigenvalue weighted by Gasteiger charge is 2.45. The largest absolute Gasteiger partial charge is 0.424 e. The highest BCUT2D eigenvalue weighted by atomic mass is 16.5. The van der Waals surface area contributed by atoms with Crippen molar-refractivity contribution in [1.29, 1.82) is 0 Å². The number of anilines is 1. The maximum Gasteiger partial charge on any atom is 0.322 e. The number of benzene rings is 1. The van der Waals surface area contributed by atoms with Gasteiger partial charge in [0.05, 0.1) is 37.0 Å². The van der Waals surface area contributed by atoms with Crippen LogP contribution in [0.3, 0.4) is 0 Å². The average molecular weight is 352 g/mol. The van der Waals surface area contributed by atoms with Crippen molar-refractivity contribution in [2.24, 2.45) is 0 Å². The minimum atomic E-state index is -0.0605. The lowest BCUT2D eigenvalue weighted by Crippen LogP contribution is -2.34. The van der Waals surface area contributed by atoms with Crippen molar-refractivity contribution in [3.8, 4) is 11.8 Å². The van der Waals surface area contributed by atoms with Gasteiger partial charge in [0.15, 0.2) is 0 Å². The average Bonchev–Trinajstić information content (AvgIpc) is 3.15. The molecule has 6 nitrogen and oxygen atoms in total. The summed E-state index contributed by atoms with van der Waals surface area (Å²) in [6.07, 6.45) is 7.10. The maximum atomic E-state index is 6.04. The minimum absolute atomic E-state index is 0.0605. The molecule has 136 valence electrons. The molecule has 2 aliphatic heterocycles. The van der Waals surface area contributed by atoms with E-state index in [9.17, 15) is 0 Å². The molecule has 1 aromatic carbocycles. The van der Waals surface area contributed by atoms with E-state index in [1.807, 2.05) is 18.5 Å². The second-order valence-corrected chi connectivity index (χ2v) is 8.20. The van der Waals surface area contributed by atoms with Crippen LogP contribution in [-0.4, -0.2) is 28.7 Å². The van der Waals surface area contributed by atoms with Gasteiger partial charge in [-0.15, -0.1) is 0 Å². The Labute approximate surface area is 153 Å². The summed E-state index contributed by atoms with van der Waals surface area (Å²) in [6.45, 7) is 6.84. The predicted molar refractivity (Wildman–Crippen MR) is 98.3 cm³/mol. The first kappa shape index (κ1) is 16.0. The Morgan fingerprint density at radius 1 is 1.19 bits per heavy atom. The van der Waals surface area contributed by atoms with Gasteiger partial charge in [0.25, 0.3) is 0 Å². The van der Waals surface area contributed by atoms with Gasteiger partial charge in [-0.25, -0.2) is 9.97 Å². The first-order chi connectivity index (χ1) is 12.5. The van der Waals surface area contributed by atoms with E-state index in [1.165, 1.54) is 17.5 Å². The summed E-state index contributed by atoms with van der Waals surface area (Å²) < 4.78 is 12.0. The normalized spacial score (nSPS) is 22.3. The van der Waals surface area contributed by atoms with Crippen LogP contribution in [0, 0.1) is 0 Å². The Kier molecular flexibility index (Phi) is 3.49. The molecule has 0 bridgehead atoms. The van der Waals surface area contributed by atoms with Crippen molar-refractivity contribution in [2.45, 2.75) is 50.9 Å². The van der Waals surface area contributed by atoms with Crippen LogP contribution in [0.25, 0.3) is 0 Å². The van der Waals surface area contributed by atoms with Crippen LogP contribution in [0.2, 0.25) is 0 Å². The lowest BCUT2D eigenvalue weighted by atomic mass is 9.75. The molecule has 0 radical (unpaired) electrons. The van der Waals surface area contributed by atoms with Gasteiger partial charge in [-0.1, -0.05) is 6.07 Å². The van der Waals surface area contributed by atoms with Crippen molar-refractivity contribution in [2.75, 3.05) is 18.1 Å². The smallest absolute Gasteiger partial charge is 0.322 e. The Balaban J connectivity index is 1.32. The molecule has 0 amide bonds. The lowest BCUT2D eigenvalue weighted by Gasteiger charge is -2.38. The summed E-state index contributed by atoms with van der Waals surface area (Å²) in [7, 11) is 0. The van der Waals surface area contributed by atoms with Gasteiger partial charge < -0.3 is 14.4 Å². The zero-order valence-corrected chi connectivity index (χ0v) is 15.3. The Bertz CT molecular complexity index is 830. The van der Waals surface area contributed by atoms with Crippen LogP contribution in [0.1, 0.15) is 44.2 Å². The second-order valence-electron chi connectivity index (χ2n) is 8.20. The molecular formula is C20H24N4O2. The molecule has 0 unspecified atom stereocenters. The van der Waals surface area contributed by atoms with E-state index in [-0.39, 0.29) is 11.1 Å². The maximum absolute atomic E-state index is 6.04. The summed E-state index contributed by atoms with van der Waals surface area (Å²) in [5, 5.41) is 3.47. The molecule has 5 rings (SSSR count). The number of ether oxygens (including phenoxy) is 2. The minimum Gasteiger partial charge on any atom is -0.424 e. The molecule has 1 saturated heterocycles. The van der Waals surface area contributed by atoms with Gasteiger partial charge >= 0.3 is 6.01 Å². The Morgan fingerprint density at radius 2 is 2.00 bits per heavy atom. The van der Waals surface area contributed by atoms with E-state index < -0.39 is 0 Å². The molecule has 1 aromatic heterocycles. The molecule has 0 atom stereocenters. The summed E-state index contributed by atoms with van der Waals surface area (Å²) in [5.74, 6) is 0.775. The number of nitrogens with zero attached hydrogens (tertiary/aromatic N) is 3. The lowest BCUT2D eigenvalue weighted by molar-refractivity contribution is -0.0944. The zero-order valence-electron chi connectivity index (χ0n) is 15.3. The van der Waals surface area contributed by atoms with Crippen molar-refractivity contribution >= 4 is 5.69 Å². The quantitative estimate of drug-likeness (QED) is 0.914. The molecule has 3 heterocycles.